The molecule has 2 aromatic carbocycles. The molecule has 6 heteroatoms. The highest BCUT2D eigenvalue weighted by Crippen LogP contribution is 2.43. The molecule has 1 heterocycles. The molecule has 0 radical (unpaired) electrons. The van der Waals surface area contributed by atoms with Gasteiger partial charge in [-0.1, -0.05) is 60.2 Å². The molecule has 0 saturated carbocycles. The second kappa shape index (κ2) is 10.4. The summed E-state index contributed by atoms with van der Waals surface area (Å²) in [5.41, 5.74) is 1.49. The molecular formula is C23H25ClO5. The van der Waals surface area contributed by atoms with Gasteiger partial charge >= 0.3 is 5.97 Å². The Bertz CT molecular complexity index is 851. The van der Waals surface area contributed by atoms with Gasteiger partial charge in [0.05, 0.1) is 19.8 Å². The maximum absolute atomic E-state index is 11.2. The summed E-state index contributed by atoms with van der Waals surface area (Å²) < 4.78 is 16.9. The molecule has 0 spiro atoms. The Morgan fingerprint density at radius 3 is 2.62 bits per heavy atom. The van der Waals surface area contributed by atoms with Crippen molar-refractivity contribution >= 4 is 17.6 Å². The molecule has 1 N–H and O–H groups in total. The summed E-state index contributed by atoms with van der Waals surface area (Å²) in [7, 11) is 1.38. The number of phenolic OH excluding ortho intramolecular Hbond substituents is 1. The molecule has 3 rings (SSSR count). The fraction of sp³-hybridized carbons (Fsp3) is 0.348. The number of carbonyl (C=O) groups is 1. The number of rotatable bonds is 7. The lowest BCUT2D eigenvalue weighted by molar-refractivity contribution is -0.244. The highest BCUT2D eigenvalue weighted by Gasteiger charge is 2.35. The van der Waals surface area contributed by atoms with Crippen molar-refractivity contribution in [1.82, 2.24) is 0 Å². The fourth-order valence-corrected chi connectivity index (χ4v) is 3.58. The van der Waals surface area contributed by atoms with Crippen LogP contribution in [0.4, 0.5) is 0 Å². The van der Waals surface area contributed by atoms with Crippen LogP contribution in [0.15, 0.2) is 60.7 Å². The molecule has 1 aliphatic heterocycles. The smallest absolute Gasteiger partial charge is 0.305 e. The van der Waals surface area contributed by atoms with E-state index in [9.17, 15) is 9.90 Å². The molecule has 5 nitrogen and oxygen atoms in total. The molecule has 0 aliphatic carbocycles. The Hall–Kier alpha value is -2.34. The Labute approximate surface area is 175 Å². The number of methoxy groups -OCH3 is 1. The van der Waals surface area contributed by atoms with Gasteiger partial charge in [-0.15, -0.1) is 0 Å². The predicted octanol–water partition coefficient (Wildman–Crippen LogP) is 5.35. The number of aromatic hydroxyl groups is 1. The van der Waals surface area contributed by atoms with Crippen molar-refractivity contribution in [1.29, 1.82) is 0 Å². The van der Waals surface area contributed by atoms with E-state index in [0.717, 1.165) is 11.1 Å². The van der Waals surface area contributed by atoms with Crippen LogP contribution in [-0.2, 0) is 19.0 Å². The van der Waals surface area contributed by atoms with E-state index in [1.807, 2.05) is 42.5 Å². The van der Waals surface area contributed by atoms with Gasteiger partial charge < -0.3 is 19.3 Å². The molecule has 29 heavy (non-hydrogen) atoms. The van der Waals surface area contributed by atoms with E-state index in [1.54, 1.807) is 18.2 Å². The quantitative estimate of drug-likeness (QED) is 0.487. The topological polar surface area (TPSA) is 65.0 Å². The average Bonchev–Trinajstić information content (AvgIpc) is 2.74. The third-order valence-corrected chi connectivity index (χ3v) is 5.25. The van der Waals surface area contributed by atoms with Gasteiger partial charge in [-0.05, 0) is 25.0 Å². The number of phenols is 1. The van der Waals surface area contributed by atoms with E-state index in [4.69, 9.17) is 21.1 Å². The van der Waals surface area contributed by atoms with Gasteiger partial charge in [-0.25, -0.2) is 0 Å². The van der Waals surface area contributed by atoms with E-state index in [0.29, 0.717) is 30.9 Å². The Morgan fingerprint density at radius 1 is 1.17 bits per heavy atom. The summed E-state index contributed by atoms with van der Waals surface area (Å²) in [5.74, 6) is -0.0259. The van der Waals surface area contributed by atoms with Crippen molar-refractivity contribution in [3.63, 3.8) is 0 Å². The average molecular weight is 417 g/mol. The summed E-state index contributed by atoms with van der Waals surface area (Å²) in [6, 6.07) is 14.6. The van der Waals surface area contributed by atoms with Crippen LogP contribution in [0.2, 0.25) is 5.02 Å². The minimum Gasteiger partial charge on any atom is -0.508 e. The minimum atomic E-state index is -0.604. The maximum Gasteiger partial charge on any atom is 0.305 e. The van der Waals surface area contributed by atoms with Crippen molar-refractivity contribution in [2.45, 2.75) is 31.7 Å². The molecule has 154 valence electrons. The summed E-state index contributed by atoms with van der Waals surface area (Å²) in [4.78, 5) is 11.2. The van der Waals surface area contributed by atoms with Gasteiger partial charge in [0, 0.05) is 28.5 Å². The monoisotopic (exact) mass is 416 g/mol. The molecule has 1 saturated heterocycles. The highest BCUT2D eigenvalue weighted by atomic mass is 35.5. The van der Waals surface area contributed by atoms with Crippen molar-refractivity contribution in [2.24, 2.45) is 5.92 Å². The fourth-order valence-electron chi connectivity index (χ4n) is 3.35. The van der Waals surface area contributed by atoms with E-state index >= 15 is 0 Å². The Kier molecular flexibility index (Phi) is 7.69. The molecule has 0 amide bonds. The van der Waals surface area contributed by atoms with Gasteiger partial charge in [0.15, 0.2) is 6.29 Å². The van der Waals surface area contributed by atoms with Crippen molar-refractivity contribution in [3.05, 3.63) is 76.8 Å². The zero-order valence-corrected chi connectivity index (χ0v) is 17.0. The van der Waals surface area contributed by atoms with E-state index < -0.39 is 6.29 Å². The number of allylic oxidation sites excluding steroid dienone is 2. The zero-order chi connectivity index (χ0) is 20.6. The molecular weight excluding hydrogens is 392 g/mol. The number of hydrogen-bond donors (Lipinski definition) is 1. The first-order chi connectivity index (χ1) is 14.1. The van der Waals surface area contributed by atoms with Crippen LogP contribution < -0.4 is 0 Å². The van der Waals surface area contributed by atoms with Crippen LogP contribution in [-0.4, -0.2) is 24.8 Å². The van der Waals surface area contributed by atoms with E-state index in [-0.39, 0.29) is 23.7 Å². The molecule has 2 aromatic rings. The lowest BCUT2D eigenvalue weighted by Crippen LogP contribution is -2.30. The second-order valence-electron chi connectivity index (χ2n) is 6.88. The second-order valence-corrected chi connectivity index (χ2v) is 7.29. The van der Waals surface area contributed by atoms with Crippen LogP contribution in [0.25, 0.3) is 0 Å². The molecule has 3 unspecified atom stereocenters. The Morgan fingerprint density at radius 2 is 1.90 bits per heavy atom. The third-order valence-electron chi connectivity index (χ3n) is 4.91. The first kappa shape index (κ1) is 21.4. The zero-order valence-electron chi connectivity index (χ0n) is 16.3. The van der Waals surface area contributed by atoms with Crippen molar-refractivity contribution in [2.75, 3.05) is 13.7 Å². The number of esters is 1. The number of halogens is 1. The molecule has 1 aliphatic rings. The summed E-state index contributed by atoms with van der Waals surface area (Å²) in [6.07, 6.45) is 4.67. The SMILES string of the molecule is COC(=O)CCC=CCC1COC(c2ccccc2Cl)OC1c1ccccc1O. The van der Waals surface area contributed by atoms with Crippen LogP contribution >= 0.6 is 11.6 Å². The van der Waals surface area contributed by atoms with Crippen molar-refractivity contribution < 1.29 is 24.1 Å². The summed E-state index contributed by atoms with van der Waals surface area (Å²) in [5, 5.41) is 11.0. The number of hydrogen-bond acceptors (Lipinski definition) is 5. The number of carbonyl (C=O) groups excluding carboxylic acids is 1. The van der Waals surface area contributed by atoms with Gasteiger partial charge in [-0.2, -0.15) is 0 Å². The standard InChI is InChI=1S/C23H25ClO5/c1-27-21(26)14-4-2-3-9-16-15-28-23(17-10-5-7-12-19(17)24)29-22(16)18-11-6-8-13-20(18)25/h2-3,5-8,10-13,16,22-23,25H,4,9,14-15H2,1H3. The van der Waals surface area contributed by atoms with Gasteiger partial charge in [0.1, 0.15) is 5.75 Å². The molecule has 1 fully saturated rings. The summed E-state index contributed by atoms with van der Waals surface area (Å²) >= 11 is 6.32. The lowest BCUT2D eigenvalue weighted by atomic mass is 9.91. The van der Waals surface area contributed by atoms with Crippen LogP contribution in [0.3, 0.4) is 0 Å². The number of ether oxygens (including phenoxy) is 3. The van der Waals surface area contributed by atoms with Crippen LogP contribution in [0.1, 0.15) is 42.8 Å². The van der Waals surface area contributed by atoms with Gasteiger partial charge in [0.25, 0.3) is 0 Å². The first-order valence-corrected chi connectivity index (χ1v) is 9.99. The largest absolute Gasteiger partial charge is 0.508 e. The number of benzene rings is 2. The lowest BCUT2D eigenvalue weighted by Gasteiger charge is -2.37. The van der Waals surface area contributed by atoms with E-state index in [1.165, 1.54) is 7.11 Å². The Balaban J connectivity index is 1.74. The maximum atomic E-state index is 11.2. The third kappa shape index (κ3) is 5.60. The van der Waals surface area contributed by atoms with E-state index in [2.05, 4.69) is 4.74 Å². The first-order valence-electron chi connectivity index (χ1n) is 9.61. The van der Waals surface area contributed by atoms with Gasteiger partial charge in [0.2, 0.25) is 0 Å². The molecule has 3 atom stereocenters. The minimum absolute atomic E-state index is 0.0106. The highest BCUT2D eigenvalue weighted by molar-refractivity contribution is 6.31. The predicted molar refractivity (Wildman–Crippen MR) is 111 cm³/mol. The van der Waals surface area contributed by atoms with Gasteiger partial charge in [-0.3, -0.25) is 4.79 Å². The van der Waals surface area contributed by atoms with Crippen LogP contribution in [0.5, 0.6) is 5.75 Å². The molecule has 0 aromatic heterocycles. The normalized spacial score (nSPS) is 21.9. The summed E-state index contributed by atoms with van der Waals surface area (Å²) in [6.45, 7) is 0.455. The molecule has 0 bridgehead atoms. The van der Waals surface area contributed by atoms with Crippen molar-refractivity contribution in [3.8, 4) is 5.75 Å². The van der Waals surface area contributed by atoms with Crippen LogP contribution in [0, 0.1) is 5.92 Å². The number of para-hydroxylation sites is 1.